The van der Waals surface area contributed by atoms with E-state index in [0.29, 0.717) is 12.1 Å². The zero-order chi connectivity index (χ0) is 21.9. The van der Waals surface area contributed by atoms with Gasteiger partial charge in [-0.25, -0.2) is 9.98 Å². The molecule has 0 spiro atoms. The molecule has 0 aliphatic carbocycles. The van der Waals surface area contributed by atoms with Gasteiger partial charge >= 0.3 is 0 Å². The first-order valence-electron chi connectivity index (χ1n) is 10.5. The molecule has 0 aliphatic rings. The Hall–Kier alpha value is -3.61. The minimum Gasteiger partial charge on any atom is -0.357 e. The van der Waals surface area contributed by atoms with Crippen molar-refractivity contribution in [2.45, 2.75) is 26.4 Å². The van der Waals surface area contributed by atoms with Crippen LogP contribution in [0.15, 0.2) is 72.2 Å². The Morgan fingerprint density at radius 2 is 1.87 bits per heavy atom. The van der Waals surface area contributed by atoms with E-state index in [-0.39, 0.29) is 5.91 Å². The minimum atomic E-state index is -0.0687. The molecule has 3 N–H and O–H groups in total. The average Bonchev–Trinajstić information content (AvgIpc) is 3.31. The van der Waals surface area contributed by atoms with Crippen molar-refractivity contribution >= 4 is 11.9 Å². The molecule has 31 heavy (non-hydrogen) atoms. The van der Waals surface area contributed by atoms with Gasteiger partial charge in [0.15, 0.2) is 5.96 Å². The fourth-order valence-electron chi connectivity index (χ4n) is 3.19. The quantitative estimate of drug-likeness (QED) is 0.368. The minimum absolute atomic E-state index is 0.0687. The number of amides is 1. The summed E-state index contributed by atoms with van der Waals surface area (Å²) in [7, 11) is 1.64. The van der Waals surface area contributed by atoms with E-state index in [2.05, 4.69) is 52.1 Å². The number of hydrogen-bond donors (Lipinski definition) is 3. The summed E-state index contributed by atoms with van der Waals surface area (Å²) in [5.74, 6) is 0.716. The van der Waals surface area contributed by atoms with Crippen molar-refractivity contribution in [1.29, 1.82) is 0 Å². The van der Waals surface area contributed by atoms with Crippen molar-refractivity contribution in [3.8, 4) is 0 Å². The second-order valence-electron chi connectivity index (χ2n) is 7.20. The fourth-order valence-corrected chi connectivity index (χ4v) is 3.19. The molecule has 2 aromatic carbocycles. The zero-order valence-electron chi connectivity index (χ0n) is 18.1. The van der Waals surface area contributed by atoms with Crippen molar-refractivity contribution in [1.82, 2.24) is 25.5 Å². The third-order valence-corrected chi connectivity index (χ3v) is 4.83. The van der Waals surface area contributed by atoms with E-state index >= 15 is 0 Å². The van der Waals surface area contributed by atoms with Crippen LogP contribution in [0.3, 0.4) is 0 Å². The molecule has 0 saturated carbocycles. The molecule has 0 aliphatic heterocycles. The van der Waals surface area contributed by atoms with Gasteiger partial charge < -0.3 is 20.5 Å². The summed E-state index contributed by atoms with van der Waals surface area (Å²) >= 11 is 0. The summed E-state index contributed by atoms with van der Waals surface area (Å²) in [6, 6.07) is 16.2. The number of carbonyl (C=O) groups is 1. The number of imidazole rings is 1. The highest BCUT2D eigenvalue weighted by molar-refractivity contribution is 5.94. The van der Waals surface area contributed by atoms with Crippen LogP contribution in [0.4, 0.5) is 0 Å². The first kappa shape index (κ1) is 22.1. The number of hydrogen-bond acceptors (Lipinski definition) is 3. The van der Waals surface area contributed by atoms with E-state index in [1.54, 1.807) is 13.2 Å². The lowest BCUT2D eigenvalue weighted by molar-refractivity contribution is 0.0963. The topological polar surface area (TPSA) is 83.3 Å². The molecular formula is C24H30N6O. The Morgan fingerprint density at radius 1 is 1.06 bits per heavy atom. The summed E-state index contributed by atoms with van der Waals surface area (Å²) in [4.78, 5) is 20.6. The number of rotatable bonds is 9. The largest absolute Gasteiger partial charge is 0.357 e. The standard InChI is InChI=1S/C24H30N6O/c1-3-27-24(28-12-11-19-5-4-6-22(15-19)23(31)25-2)29-16-20-7-9-21(10-8-20)17-30-14-13-26-18-30/h4-10,13-15,18H,3,11-12,16-17H2,1-2H3,(H,25,31)(H2,27,28,29). The Balaban J connectivity index is 1.52. The maximum absolute atomic E-state index is 11.8. The number of aromatic nitrogens is 2. The Morgan fingerprint density at radius 3 is 2.58 bits per heavy atom. The number of nitrogens with zero attached hydrogens (tertiary/aromatic N) is 3. The maximum atomic E-state index is 11.8. The van der Waals surface area contributed by atoms with Gasteiger partial charge in [-0.2, -0.15) is 0 Å². The lowest BCUT2D eigenvalue weighted by atomic mass is 10.1. The van der Waals surface area contributed by atoms with Gasteiger partial charge in [-0.15, -0.1) is 0 Å². The molecule has 3 rings (SSSR count). The molecule has 0 unspecified atom stereocenters. The van der Waals surface area contributed by atoms with Crippen molar-refractivity contribution in [2.75, 3.05) is 20.1 Å². The molecule has 1 heterocycles. The van der Waals surface area contributed by atoms with Crippen LogP contribution < -0.4 is 16.0 Å². The molecule has 7 heteroatoms. The van der Waals surface area contributed by atoms with Gasteiger partial charge in [0.1, 0.15) is 0 Å². The number of guanidine groups is 1. The van der Waals surface area contributed by atoms with Gasteiger partial charge in [0, 0.05) is 44.6 Å². The second-order valence-corrected chi connectivity index (χ2v) is 7.20. The third-order valence-electron chi connectivity index (χ3n) is 4.83. The van der Waals surface area contributed by atoms with E-state index in [1.807, 2.05) is 41.4 Å². The summed E-state index contributed by atoms with van der Waals surface area (Å²) in [6.07, 6.45) is 6.37. The molecule has 0 atom stereocenters. The molecule has 0 saturated heterocycles. The van der Waals surface area contributed by atoms with Crippen LogP contribution >= 0.6 is 0 Å². The molecule has 1 aromatic heterocycles. The maximum Gasteiger partial charge on any atom is 0.251 e. The van der Waals surface area contributed by atoms with Crippen LogP contribution in [0.5, 0.6) is 0 Å². The summed E-state index contributed by atoms with van der Waals surface area (Å²) in [5.41, 5.74) is 4.18. The average molecular weight is 419 g/mol. The summed E-state index contributed by atoms with van der Waals surface area (Å²) < 4.78 is 2.05. The lowest BCUT2D eigenvalue weighted by Crippen LogP contribution is -2.38. The van der Waals surface area contributed by atoms with Crippen molar-refractivity contribution in [2.24, 2.45) is 4.99 Å². The molecule has 162 valence electrons. The molecule has 0 radical (unpaired) electrons. The molecular weight excluding hydrogens is 388 g/mol. The normalized spacial score (nSPS) is 11.2. The third kappa shape index (κ3) is 6.99. The van der Waals surface area contributed by atoms with Crippen LogP contribution in [0.2, 0.25) is 0 Å². The Kier molecular flexibility index (Phi) is 8.22. The second kappa shape index (κ2) is 11.5. The van der Waals surface area contributed by atoms with Gasteiger partial charge in [-0.05, 0) is 42.2 Å². The van der Waals surface area contributed by atoms with Gasteiger partial charge in [0.25, 0.3) is 5.91 Å². The number of aliphatic imine (C=N–C) groups is 1. The zero-order valence-corrected chi connectivity index (χ0v) is 18.1. The summed E-state index contributed by atoms with van der Waals surface area (Å²) in [5, 5.41) is 9.31. The Bertz CT molecular complexity index is 980. The number of nitrogens with one attached hydrogen (secondary N) is 3. The van der Waals surface area contributed by atoms with Crippen molar-refractivity contribution in [3.05, 3.63) is 89.5 Å². The highest BCUT2D eigenvalue weighted by Crippen LogP contribution is 2.08. The Labute approximate surface area is 183 Å². The molecule has 0 bridgehead atoms. The van der Waals surface area contributed by atoms with Crippen LogP contribution in [-0.2, 0) is 19.5 Å². The highest BCUT2D eigenvalue weighted by Gasteiger charge is 2.04. The van der Waals surface area contributed by atoms with Crippen molar-refractivity contribution in [3.63, 3.8) is 0 Å². The SMILES string of the molecule is CCNC(=NCc1ccc(Cn2ccnc2)cc1)NCCc1cccc(C(=O)NC)c1. The molecule has 1 amide bonds. The highest BCUT2D eigenvalue weighted by atomic mass is 16.1. The summed E-state index contributed by atoms with van der Waals surface area (Å²) in [6.45, 7) is 4.99. The van der Waals surface area contributed by atoms with E-state index < -0.39 is 0 Å². The predicted molar refractivity (Wildman–Crippen MR) is 124 cm³/mol. The van der Waals surface area contributed by atoms with E-state index in [4.69, 9.17) is 4.99 Å². The van der Waals surface area contributed by atoms with E-state index in [9.17, 15) is 4.79 Å². The van der Waals surface area contributed by atoms with Gasteiger partial charge in [-0.3, -0.25) is 4.79 Å². The number of carbonyl (C=O) groups excluding carboxylic acids is 1. The predicted octanol–water partition coefficient (Wildman–Crippen LogP) is 2.59. The first-order chi connectivity index (χ1) is 15.2. The van der Waals surface area contributed by atoms with E-state index in [0.717, 1.165) is 43.1 Å². The fraction of sp³-hybridized carbons (Fsp3) is 0.292. The van der Waals surface area contributed by atoms with Crippen molar-refractivity contribution < 1.29 is 4.79 Å². The van der Waals surface area contributed by atoms with Gasteiger partial charge in [0.2, 0.25) is 0 Å². The van der Waals surface area contributed by atoms with Crippen LogP contribution in [0.1, 0.15) is 34.0 Å². The van der Waals surface area contributed by atoms with Crippen LogP contribution in [0.25, 0.3) is 0 Å². The smallest absolute Gasteiger partial charge is 0.251 e. The molecule has 3 aromatic rings. The molecule has 7 nitrogen and oxygen atoms in total. The van der Waals surface area contributed by atoms with Gasteiger partial charge in [-0.1, -0.05) is 36.4 Å². The monoisotopic (exact) mass is 418 g/mol. The van der Waals surface area contributed by atoms with Gasteiger partial charge in [0.05, 0.1) is 12.9 Å². The van der Waals surface area contributed by atoms with E-state index in [1.165, 1.54) is 5.56 Å². The molecule has 0 fully saturated rings. The number of benzene rings is 2. The first-order valence-corrected chi connectivity index (χ1v) is 10.5. The lowest BCUT2D eigenvalue weighted by Gasteiger charge is -2.12. The van der Waals surface area contributed by atoms with Crippen LogP contribution in [0, 0.1) is 0 Å². The van der Waals surface area contributed by atoms with Crippen LogP contribution in [-0.4, -0.2) is 41.6 Å².